The minimum Gasteiger partial charge on any atom is -0.369 e. The van der Waals surface area contributed by atoms with Crippen molar-refractivity contribution in [2.24, 2.45) is 0 Å². The molecule has 4 rings (SSSR count). The van der Waals surface area contributed by atoms with Crippen LogP contribution in [0.3, 0.4) is 0 Å². The third kappa shape index (κ3) is 7.03. The predicted molar refractivity (Wildman–Crippen MR) is 131 cm³/mol. The van der Waals surface area contributed by atoms with Gasteiger partial charge in [-0.15, -0.1) is 0 Å². The smallest absolute Gasteiger partial charge is 0.369 e. The highest BCUT2D eigenvalue weighted by Crippen LogP contribution is 2.37. The van der Waals surface area contributed by atoms with Gasteiger partial charge >= 0.3 is 18.4 Å². The number of carbonyl (C=O) groups is 1. The fourth-order valence-corrected chi connectivity index (χ4v) is 3.77. The number of likely N-dealkylation sites (N-methyl/N-ethyl adjacent to an activating group) is 1. The van der Waals surface area contributed by atoms with Crippen LogP contribution in [0, 0.1) is 0 Å². The summed E-state index contributed by atoms with van der Waals surface area (Å²) in [6, 6.07) is 8.73. The summed E-state index contributed by atoms with van der Waals surface area (Å²) in [7, 11) is 2.08. The minimum absolute atomic E-state index is 0.0247. The largest absolute Gasteiger partial charge is 0.416 e. The highest BCUT2D eigenvalue weighted by atomic mass is 19.4. The molecule has 2 amide bonds. The van der Waals surface area contributed by atoms with Crippen LogP contribution in [0.25, 0.3) is 0 Å². The van der Waals surface area contributed by atoms with Crippen LogP contribution in [-0.2, 0) is 12.4 Å². The van der Waals surface area contributed by atoms with E-state index in [1.54, 1.807) is 0 Å². The summed E-state index contributed by atoms with van der Waals surface area (Å²) < 4.78 is 78.3. The van der Waals surface area contributed by atoms with E-state index >= 15 is 0 Å². The SMILES string of the molecule is CN1CCN(c2ccc(Nc3cc(NC(=O)Nc4cc(C(F)(F)F)cc(C(F)(F)F)c4)ncn3)cc2)CC1. The van der Waals surface area contributed by atoms with Crippen molar-refractivity contribution in [1.29, 1.82) is 0 Å². The van der Waals surface area contributed by atoms with Gasteiger partial charge in [0.05, 0.1) is 11.1 Å². The number of rotatable bonds is 5. The number of anilines is 5. The molecule has 8 nitrogen and oxygen atoms in total. The van der Waals surface area contributed by atoms with Gasteiger partial charge in [0.1, 0.15) is 18.0 Å². The van der Waals surface area contributed by atoms with E-state index in [-0.39, 0.29) is 11.9 Å². The molecule has 0 aliphatic carbocycles. The maximum absolute atomic E-state index is 13.1. The average Bonchev–Trinajstić information content (AvgIpc) is 2.84. The van der Waals surface area contributed by atoms with Crippen molar-refractivity contribution in [3.63, 3.8) is 0 Å². The molecule has 1 saturated heterocycles. The zero-order chi connectivity index (χ0) is 27.5. The number of alkyl halides is 6. The topological polar surface area (TPSA) is 85.4 Å². The van der Waals surface area contributed by atoms with Crippen molar-refractivity contribution in [2.45, 2.75) is 12.4 Å². The lowest BCUT2D eigenvalue weighted by Gasteiger charge is -2.34. The van der Waals surface area contributed by atoms with Crippen LogP contribution in [0.1, 0.15) is 11.1 Å². The van der Waals surface area contributed by atoms with Gasteiger partial charge in [-0.3, -0.25) is 5.32 Å². The van der Waals surface area contributed by atoms with Crippen molar-refractivity contribution in [1.82, 2.24) is 14.9 Å². The summed E-state index contributed by atoms with van der Waals surface area (Å²) in [6.45, 7) is 3.79. The molecule has 1 aliphatic heterocycles. The van der Waals surface area contributed by atoms with E-state index in [0.29, 0.717) is 23.6 Å². The third-order valence-electron chi connectivity index (χ3n) is 5.76. The van der Waals surface area contributed by atoms with Gasteiger partial charge in [-0.1, -0.05) is 0 Å². The number of nitrogens with one attached hydrogen (secondary N) is 3. The fourth-order valence-electron chi connectivity index (χ4n) is 3.77. The summed E-state index contributed by atoms with van der Waals surface area (Å²) in [6.07, 6.45) is -8.93. The van der Waals surface area contributed by atoms with Gasteiger partial charge < -0.3 is 20.4 Å². The Morgan fingerprint density at radius 3 is 1.92 bits per heavy atom. The Bertz CT molecular complexity index is 1240. The fraction of sp³-hybridized carbons (Fsp3) is 0.292. The van der Waals surface area contributed by atoms with Gasteiger partial charge in [-0.05, 0) is 49.5 Å². The number of piperazine rings is 1. The van der Waals surface area contributed by atoms with Gasteiger partial charge in [0.25, 0.3) is 0 Å². The van der Waals surface area contributed by atoms with Crippen molar-refractivity contribution in [3.05, 3.63) is 66.0 Å². The van der Waals surface area contributed by atoms with Gasteiger partial charge in [0.2, 0.25) is 0 Å². The molecule has 3 aromatic rings. The van der Waals surface area contributed by atoms with E-state index in [1.165, 1.54) is 6.07 Å². The van der Waals surface area contributed by atoms with Crippen molar-refractivity contribution in [2.75, 3.05) is 54.1 Å². The molecule has 0 radical (unpaired) electrons. The first-order valence-electron chi connectivity index (χ1n) is 11.4. The van der Waals surface area contributed by atoms with Gasteiger partial charge in [0, 0.05) is 49.3 Å². The van der Waals surface area contributed by atoms with E-state index in [4.69, 9.17) is 0 Å². The Balaban J connectivity index is 1.41. The van der Waals surface area contributed by atoms with Gasteiger partial charge in [-0.2, -0.15) is 26.3 Å². The summed E-state index contributed by atoms with van der Waals surface area (Å²) in [5.41, 5.74) is -1.99. The number of hydrogen-bond donors (Lipinski definition) is 3. The van der Waals surface area contributed by atoms with E-state index < -0.39 is 35.2 Å². The van der Waals surface area contributed by atoms with E-state index in [0.717, 1.165) is 38.2 Å². The second-order valence-electron chi connectivity index (χ2n) is 8.62. The molecular formula is C24H23F6N7O. The van der Waals surface area contributed by atoms with E-state index in [1.807, 2.05) is 29.6 Å². The molecule has 0 atom stereocenters. The summed E-state index contributed by atoms with van der Waals surface area (Å²) in [5, 5.41) is 7.31. The molecule has 0 saturated carbocycles. The lowest BCUT2D eigenvalue weighted by atomic mass is 10.1. The Labute approximate surface area is 213 Å². The predicted octanol–water partition coefficient (Wildman–Crippen LogP) is 5.65. The van der Waals surface area contributed by atoms with Crippen LogP contribution in [0.15, 0.2) is 54.9 Å². The standard InChI is InChI=1S/C24H23F6N7O/c1-36-6-8-37(9-7-36)19-4-2-17(3-5-19)33-20-13-21(32-14-31-20)35-22(38)34-18-11-15(23(25,26)27)10-16(12-18)24(28,29)30/h2-5,10-14H,6-9H2,1H3,(H3,31,32,33,34,35,38). The maximum atomic E-state index is 13.1. The highest BCUT2D eigenvalue weighted by molar-refractivity contribution is 5.99. The number of amides is 2. The Hall–Kier alpha value is -4.07. The van der Waals surface area contributed by atoms with Gasteiger partial charge in [-0.25, -0.2) is 14.8 Å². The monoisotopic (exact) mass is 539 g/mol. The molecular weight excluding hydrogens is 516 g/mol. The number of carbonyl (C=O) groups excluding carboxylic acids is 1. The maximum Gasteiger partial charge on any atom is 0.416 e. The molecule has 2 aromatic carbocycles. The Morgan fingerprint density at radius 2 is 1.34 bits per heavy atom. The lowest BCUT2D eigenvalue weighted by molar-refractivity contribution is -0.143. The van der Waals surface area contributed by atoms with E-state index in [9.17, 15) is 31.1 Å². The third-order valence-corrected chi connectivity index (χ3v) is 5.76. The van der Waals surface area contributed by atoms with Crippen molar-refractivity contribution in [3.8, 4) is 0 Å². The normalized spacial score (nSPS) is 14.8. The molecule has 0 bridgehead atoms. The summed E-state index contributed by atoms with van der Waals surface area (Å²) >= 11 is 0. The van der Waals surface area contributed by atoms with Crippen LogP contribution in [-0.4, -0.2) is 54.1 Å². The summed E-state index contributed by atoms with van der Waals surface area (Å²) in [4.78, 5) is 24.8. The van der Waals surface area contributed by atoms with Crippen LogP contribution >= 0.6 is 0 Å². The number of urea groups is 1. The molecule has 1 aliphatic rings. The first-order chi connectivity index (χ1) is 17.9. The quantitative estimate of drug-likeness (QED) is 0.363. The minimum atomic E-state index is -5.04. The highest BCUT2D eigenvalue weighted by Gasteiger charge is 2.37. The number of halogens is 6. The second-order valence-corrected chi connectivity index (χ2v) is 8.62. The number of hydrogen-bond acceptors (Lipinski definition) is 6. The lowest BCUT2D eigenvalue weighted by Crippen LogP contribution is -2.44. The molecule has 202 valence electrons. The molecule has 1 aromatic heterocycles. The van der Waals surface area contributed by atoms with Crippen molar-refractivity contribution >= 4 is 34.7 Å². The number of nitrogens with zero attached hydrogens (tertiary/aromatic N) is 4. The molecule has 38 heavy (non-hydrogen) atoms. The Morgan fingerprint density at radius 1 is 0.763 bits per heavy atom. The van der Waals surface area contributed by atoms with Crippen LogP contribution in [0.2, 0.25) is 0 Å². The van der Waals surface area contributed by atoms with Crippen LogP contribution in [0.4, 0.5) is 59.8 Å². The average molecular weight is 539 g/mol. The van der Waals surface area contributed by atoms with Crippen LogP contribution in [0.5, 0.6) is 0 Å². The summed E-state index contributed by atoms with van der Waals surface area (Å²) in [5.74, 6) is 0.276. The first-order valence-corrected chi connectivity index (χ1v) is 11.4. The molecule has 2 heterocycles. The van der Waals surface area contributed by atoms with Crippen molar-refractivity contribution < 1.29 is 31.1 Å². The number of benzene rings is 2. The number of aromatic nitrogens is 2. The molecule has 0 spiro atoms. The van der Waals surface area contributed by atoms with Gasteiger partial charge in [0.15, 0.2) is 0 Å². The zero-order valence-electron chi connectivity index (χ0n) is 20.0. The van der Waals surface area contributed by atoms with Crippen LogP contribution < -0.4 is 20.9 Å². The second kappa shape index (κ2) is 10.7. The molecule has 3 N–H and O–H groups in total. The zero-order valence-corrected chi connectivity index (χ0v) is 20.0. The molecule has 14 heteroatoms. The van der Waals surface area contributed by atoms with E-state index in [2.05, 4.69) is 37.4 Å². The molecule has 1 fully saturated rings. The molecule has 0 unspecified atom stereocenters. The Kier molecular flexibility index (Phi) is 7.62. The first kappa shape index (κ1) is 27.0.